The molecule has 0 radical (unpaired) electrons. The van der Waals surface area contributed by atoms with Crippen molar-refractivity contribution in [1.29, 1.82) is 0 Å². The van der Waals surface area contributed by atoms with Gasteiger partial charge < -0.3 is 19.3 Å². The molecule has 0 spiro atoms. The maximum Gasteiger partial charge on any atom is 0.289 e. The number of hydrogen-bond acceptors (Lipinski definition) is 7. The molecule has 2 aliphatic rings. The lowest BCUT2D eigenvalue weighted by Gasteiger charge is -2.37. The minimum absolute atomic E-state index is 0.0438. The van der Waals surface area contributed by atoms with E-state index in [1.807, 2.05) is 11.9 Å². The van der Waals surface area contributed by atoms with Gasteiger partial charge in [0.15, 0.2) is 17.4 Å². The second kappa shape index (κ2) is 7.72. The molecule has 2 saturated carbocycles. The summed E-state index contributed by atoms with van der Waals surface area (Å²) in [5.74, 6) is 1.31. The van der Waals surface area contributed by atoms with E-state index in [9.17, 15) is 14.3 Å². The molecule has 0 saturated heterocycles. The Morgan fingerprint density at radius 2 is 1.97 bits per heavy atom. The van der Waals surface area contributed by atoms with Gasteiger partial charge in [-0.3, -0.25) is 4.79 Å². The van der Waals surface area contributed by atoms with Crippen molar-refractivity contribution in [2.75, 3.05) is 26.0 Å². The molecule has 2 aliphatic carbocycles. The fourth-order valence-corrected chi connectivity index (χ4v) is 5.08. The highest BCUT2D eigenvalue weighted by Crippen LogP contribution is 2.45. The lowest BCUT2D eigenvalue weighted by molar-refractivity contribution is 0.0799. The topological polar surface area (TPSA) is 95.6 Å². The second-order valence-electron chi connectivity index (χ2n) is 9.15. The molecule has 4 atom stereocenters. The van der Waals surface area contributed by atoms with Crippen molar-refractivity contribution in [2.24, 2.45) is 11.8 Å². The smallest absolute Gasteiger partial charge is 0.289 e. The van der Waals surface area contributed by atoms with Crippen molar-refractivity contribution in [1.82, 2.24) is 20.1 Å². The predicted molar refractivity (Wildman–Crippen MR) is 117 cm³/mol. The van der Waals surface area contributed by atoms with E-state index >= 15 is 0 Å². The maximum atomic E-state index is 14.9. The molecule has 168 valence electrons. The molecular formula is C23H26FN5O3. The first kappa shape index (κ1) is 20.7. The lowest BCUT2D eigenvalue weighted by atomic mass is 9.83. The molecule has 1 amide bonds. The fourth-order valence-electron chi connectivity index (χ4n) is 5.08. The van der Waals surface area contributed by atoms with E-state index in [-0.39, 0.29) is 35.2 Å². The summed E-state index contributed by atoms with van der Waals surface area (Å²) in [6.45, 7) is 0. The average Bonchev–Trinajstić information content (AvgIpc) is 3.39. The number of benzene rings is 1. The summed E-state index contributed by atoms with van der Waals surface area (Å²) in [6, 6.07) is 4.47. The number of anilines is 1. The predicted octanol–water partition coefficient (Wildman–Crippen LogP) is 3.66. The summed E-state index contributed by atoms with van der Waals surface area (Å²) in [7, 11) is 5.11. The number of aromatic hydroxyl groups is 1. The Bertz CT molecular complexity index is 1160. The zero-order valence-corrected chi connectivity index (χ0v) is 18.3. The molecule has 2 aromatic heterocycles. The number of nitrogens with zero attached hydrogens (tertiary/aromatic N) is 5. The van der Waals surface area contributed by atoms with Crippen LogP contribution < -0.4 is 4.90 Å². The number of carbonyl (C=O) groups excluding carboxylic acids is 1. The van der Waals surface area contributed by atoms with Crippen LogP contribution in [0.1, 0.15) is 36.2 Å². The standard InChI is InChI=1S/C23H26FN5O3/c1-28(2)23(31)19-9-14-8-17(30)15(10-18(14)32-19)22-25-11-20(26-27-22)29(3)16-7-12-4-5-13(6-12)21(16)24/h8-13,16,21,30H,4-7H2,1-3H3/t12-,13+,16+,21-/m0/s1. The number of fused-ring (bicyclic) bond motifs is 3. The van der Waals surface area contributed by atoms with E-state index in [0.717, 1.165) is 25.7 Å². The van der Waals surface area contributed by atoms with Crippen molar-refractivity contribution in [2.45, 2.75) is 37.9 Å². The van der Waals surface area contributed by atoms with Crippen LogP contribution in [0.4, 0.5) is 10.2 Å². The normalized spacial score (nSPS) is 24.6. The van der Waals surface area contributed by atoms with Gasteiger partial charge in [0.1, 0.15) is 17.5 Å². The molecular weight excluding hydrogens is 413 g/mol. The highest BCUT2D eigenvalue weighted by Gasteiger charge is 2.44. The molecule has 3 aromatic rings. The highest BCUT2D eigenvalue weighted by atomic mass is 19.1. The van der Waals surface area contributed by atoms with Gasteiger partial charge in [-0.25, -0.2) is 9.37 Å². The first-order valence-electron chi connectivity index (χ1n) is 10.9. The van der Waals surface area contributed by atoms with E-state index < -0.39 is 6.17 Å². The summed E-state index contributed by atoms with van der Waals surface area (Å²) in [5, 5.41) is 19.5. The summed E-state index contributed by atoms with van der Waals surface area (Å²) < 4.78 is 20.6. The molecule has 8 nitrogen and oxygen atoms in total. The van der Waals surface area contributed by atoms with Gasteiger partial charge in [-0.05, 0) is 55.7 Å². The third-order valence-corrected chi connectivity index (χ3v) is 6.88. The second-order valence-corrected chi connectivity index (χ2v) is 9.15. The van der Waals surface area contributed by atoms with Crippen LogP contribution in [0.3, 0.4) is 0 Å². The SMILES string of the molecule is CN(C)C(=O)c1cc2cc(O)c(-c3ncc(N(C)[C@@H]4C[C@H]5CC[C@H](C5)[C@@H]4F)nn3)cc2o1. The Morgan fingerprint density at radius 3 is 2.69 bits per heavy atom. The van der Waals surface area contributed by atoms with E-state index in [4.69, 9.17) is 4.42 Å². The molecule has 1 N–H and O–H groups in total. The number of rotatable bonds is 4. The summed E-state index contributed by atoms with van der Waals surface area (Å²) in [6.07, 6.45) is 4.57. The molecule has 2 fully saturated rings. The van der Waals surface area contributed by atoms with Crippen molar-refractivity contribution < 1.29 is 18.7 Å². The van der Waals surface area contributed by atoms with Gasteiger partial charge in [-0.15, -0.1) is 10.2 Å². The van der Waals surface area contributed by atoms with Gasteiger partial charge in [0.25, 0.3) is 5.91 Å². The first-order chi connectivity index (χ1) is 15.3. The summed E-state index contributed by atoms with van der Waals surface area (Å²) >= 11 is 0. The van der Waals surface area contributed by atoms with Gasteiger partial charge in [0.2, 0.25) is 0 Å². The molecule has 9 heteroatoms. The van der Waals surface area contributed by atoms with E-state index in [2.05, 4.69) is 15.2 Å². The van der Waals surface area contributed by atoms with Crippen molar-refractivity contribution in [3.05, 3.63) is 30.2 Å². The van der Waals surface area contributed by atoms with Crippen LogP contribution in [0, 0.1) is 11.8 Å². The van der Waals surface area contributed by atoms with E-state index in [1.54, 1.807) is 32.4 Å². The Hall–Kier alpha value is -3.23. The third-order valence-electron chi connectivity index (χ3n) is 6.88. The molecule has 0 unspecified atom stereocenters. The minimum Gasteiger partial charge on any atom is -0.507 e. The quantitative estimate of drug-likeness (QED) is 0.663. The van der Waals surface area contributed by atoms with Crippen LogP contribution in [-0.4, -0.2) is 64.5 Å². The number of furan rings is 1. The zero-order chi connectivity index (χ0) is 22.6. The Balaban J connectivity index is 1.41. The lowest BCUT2D eigenvalue weighted by Crippen LogP contribution is -2.46. The Kier molecular flexibility index (Phi) is 4.98. The van der Waals surface area contributed by atoms with Gasteiger partial charge in [-0.2, -0.15) is 0 Å². The first-order valence-corrected chi connectivity index (χ1v) is 10.9. The number of alkyl halides is 1. The number of phenolic OH excluding ortho intramolecular Hbond substituents is 1. The van der Waals surface area contributed by atoms with Crippen LogP contribution in [0.2, 0.25) is 0 Å². The van der Waals surface area contributed by atoms with Crippen molar-refractivity contribution in [3.8, 4) is 17.1 Å². The number of hydrogen-bond donors (Lipinski definition) is 1. The molecule has 0 aliphatic heterocycles. The van der Waals surface area contributed by atoms with Gasteiger partial charge in [0, 0.05) is 26.5 Å². The molecule has 32 heavy (non-hydrogen) atoms. The largest absolute Gasteiger partial charge is 0.507 e. The van der Waals surface area contributed by atoms with Crippen LogP contribution in [-0.2, 0) is 0 Å². The number of halogens is 1. The van der Waals surface area contributed by atoms with Gasteiger partial charge in [0.05, 0.1) is 17.8 Å². The summed E-state index contributed by atoms with van der Waals surface area (Å²) in [5.41, 5.74) is 0.780. The van der Waals surface area contributed by atoms with Gasteiger partial charge in [-0.1, -0.05) is 0 Å². The van der Waals surface area contributed by atoms with E-state index in [0.29, 0.717) is 28.3 Å². The molecule has 2 bridgehead atoms. The van der Waals surface area contributed by atoms with Gasteiger partial charge >= 0.3 is 0 Å². The average molecular weight is 439 g/mol. The molecule has 2 heterocycles. The molecule has 5 rings (SSSR count). The zero-order valence-electron chi connectivity index (χ0n) is 18.3. The number of phenols is 1. The van der Waals surface area contributed by atoms with Crippen LogP contribution in [0.15, 0.2) is 28.8 Å². The van der Waals surface area contributed by atoms with Crippen LogP contribution in [0.5, 0.6) is 5.75 Å². The monoisotopic (exact) mass is 439 g/mol. The Labute approximate surface area is 185 Å². The molecule has 1 aromatic carbocycles. The maximum absolute atomic E-state index is 14.9. The number of carbonyl (C=O) groups is 1. The Morgan fingerprint density at radius 1 is 1.16 bits per heavy atom. The van der Waals surface area contributed by atoms with Crippen LogP contribution >= 0.6 is 0 Å². The van der Waals surface area contributed by atoms with E-state index in [1.165, 1.54) is 11.0 Å². The summed E-state index contributed by atoms with van der Waals surface area (Å²) in [4.78, 5) is 19.8. The number of amides is 1. The third kappa shape index (κ3) is 3.45. The number of aromatic nitrogens is 3. The minimum atomic E-state index is -0.871. The fraction of sp³-hybridized carbons (Fsp3) is 0.478. The van der Waals surface area contributed by atoms with Crippen molar-refractivity contribution in [3.63, 3.8) is 0 Å². The van der Waals surface area contributed by atoms with Crippen molar-refractivity contribution >= 4 is 22.7 Å². The highest BCUT2D eigenvalue weighted by molar-refractivity contribution is 5.97. The van der Waals surface area contributed by atoms with Crippen LogP contribution in [0.25, 0.3) is 22.4 Å².